The predicted octanol–water partition coefficient (Wildman–Crippen LogP) is 2.77. The van der Waals surface area contributed by atoms with Crippen molar-refractivity contribution in [1.29, 1.82) is 5.26 Å². The van der Waals surface area contributed by atoms with Crippen LogP contribution in [0.25, 0.3) is 0 Å². The van der Waals surface area contributed by atoms with E-state index in [1.165, 1.54) is 0 Å². The Bertz CT molecular complexity index is 371. The van der Waals surface area contributed by atoms with Crippen molar-refractivity contribution in [1.82, 2.24) is 0 Å². The summed E-state index contributed by atoms with van der Waals surface area (Å²) < 4.78 is 1.00. The molecule has 0 saturated carbocycles. The van der Waals surface area contributed by atoms with Gasteiger partial charge in [0.2, 0.25) is 0 Å². The first-order valence-corrected chi connectivity index (χ1v) is 5.65. The molecule has 15 heavy (non-hydrogen) atoms. The van der Waals surface area contributed by atoms with Gasteiger partial charge in [-0.2, -0.15) is 5.26 Å². The van der Waals surface area contributed by atoms with Gasteiger partial charge in [0.15, 0.2) is 0 Å². The number of anilines is 2. The Morgan fingerprint density at radius 3 is 2.87 bits per heavy atom. The van der Waals surface area contributed by atoms with E-state index in [0.29, 0.717) is 13.0 Å². The monoisotopic (exact) mass is 267 g/mol. The maximum atomic E-state index is 8.56. The first-order valence-electron chi connectivity index (χ1n) is 4.86. The van der Waals surface area contributed by atoms with Crippen molar-refractivity contribution < 1.29 is 0 Å². The zero-order valence-electron chi connectivity index (χ0n) is 8.70. The summed E-state index contributed by atoms with van der Waals surface area (Å²) in [6.07, 6.45) is 0.514. The van der Waals surface area contributed by atoms with E-state index in [-0.39, 0.29) is 0 Å². The summed E-state index contributed by atoms with van der Waals surface area (Å²) in [4.78, 5) is 2.10. The lowest BCUT2D eigenvalue weighted by molar-refractivity contribution is 0.828. The highest BCUT2D eigenvalue weighted by Gasteiger charge is 2.07. The molecule has 0 saturated heterocycles. The lowest BCUT2D eigenvalue weighted by Gasteiger charge is -2.23. The first kappa shape index (κ1) is 11.9. The van der Waals surface area contributed by atoms with Gasteiger partial charge in [-0.05, 0) is 25.1 Å². The quantitative estimate of drug-likeness (QED) is 0.854. The number of hydrogen-bond donors (Lipinski definition) is 1. The molecule has 0 bridgehead atoms. The molecule has 1 aromatic rings. The molecule has 0 amide bonds. The Balaban J connectivity index is 2.91. The Morgan fingerprint density at radius 1 is 1.53 bits per heavy atom. The Labute approximate surface area is 98.6 Å². The Morgan fingerprint density at radius 2 is 2.27 bits per heavy atom. The summed E-state index contributed by atoms with van der Waals surface area (Å²) in [6.45, 7) is 3.62. The highest BCUT2D eigenvalue weighted by Crippen LogP contribution is 2.27. The molecule has 0 unspecified atom stereocenters. The molecular weight excluding hydrogens is 254 g/mol. The summed E-state index contributed by atoms with van der Waals surface area (Å²) in [5, 5.41) is 8.56. The lowest BCUT2D eigenvalue weighted by atomic mass is 10.2. The molecule has 2 N–H and O–H groups in total. The third-order valence-electron chi connectivity index (χ3n) is 2.21. The van der Waals surface area contributed by atoms with Crippen molar-refractivity contribution in [3.63, 3.8) is 0 Å². The van der Waals surface area contributed by atoms with Crippen LogP contribution in [0.3, 0.4) is 0 Å². The molecule has 0 atom stereocenters. The largest absolute Gasteiger partial charge is 0.397 e. The molecule has 0 aliphatic carbocycles. The molecule has 0 heterocycles. The van der Waals surface area contributed by atoms with E-state index in [0.717, 1.165) is 22.4 Å². The van der Waals surface area contributed by atoms with Crippen molar-refractivity contribution in [2.24, 2.45) is 0 Å². The average molecular weight is 268 g/mol. The highest BCUT2D eigenvalue weighted by molar-refractivity contribution is 9.10. The van der Waals surface area contributed by atoms with Crippen LogP contribution >= 0.6 is 15.9 Å². The third kappa shape index (κ3) is 3.14. The number of halogens is 1. The number of hydrogen-bond acceptors (Lipinski definition) is 3. The van der Waals surface area contributed by atoms with Crippen molar-refractivity contribution in [3.8, 4) is 6.07 Å². The Hall–Kier alpha value is -1.21. The molecular formula is C11H14BrN3. The molecule has 0 aliphatic heterocycles. The van der Waals surface area contributed by atoms with Crippen LogP contribution in [0, 0.1) is 11.3 Å². The van der Waals surface area contributed by atoms with Crippen molar-refractivity contribution in [2.75, 3.05) is 23.7 Å². The van der Waals surface area contributed by atoms with Crippen LogP contribution in [0.2, 0.25) is 0 Å². The molecule has 1 aromatic carbocycles. The highest BCUT2D eigenvalue weighted by atomic mass is 79.9. The van der Waals surface area contributed by atoms with E-state index in [4.69, 9.17) is 11.0 Å². The van der Waals surface area contributed by atoms with Gasteiger partial charge in [-0.3, -0.25) is 0 Å². The summed E-state index contributed by atoms with van der Waals surface area (Å²) in [7, 11) is 0. The molecule has 0 aromatic heterocycles. The summed E-state index contributed by atoms with van der Waals surface area (Å²) in [5.74, 6) is 0. The van der Waals surface area contributed by atoms with E-state index < -0.39 is 0 Å². The van der Waals surface area contributed by atoms with Gasteiger partial charge in [0.25, 0.3) is 0 Å². The number of rotatable bonds is 4. The van der Waals surface area contributed by atoms with Gasteiger partial charge >= 0.3 is 0 Å². The van der Waals surface area contributed by atoms with Gasteiger partial charge < -0.3 is 10.6 Å². The van der Waals surface area contributed by atoms with Gasteiger partial charge in [-0.25, -0.2) is 0 Å². The second kappa shape index (κ2) is 5.62. The SMILES string of the molecule is CCN(CCC#N)c1cc(Br)ccc1N. The van der Waals surface area contributed by atoms with Gasteiger partial charge in [0, 0.05) is 17.6 Å². The van der Waals surface area contributed by atoms with Crippen LogP contribution in [0.4, 0.5) is 11.4 Å². The Kier molecular flexibility index (Phi) is 4.44. The molecule has 0 aliphatic rings. The van der Waals surface area contributed by atoms with Gasteiger partial charge in [-0.15, -0.1) is 0 Å². The smallest absolute Gasteiger partial charge is 0.0640 e. The molecule has 80 valence electrons. The maximum Gasteiger partial charge on any atom is 0.0640 e. The minimum Gasteiger partial charge on any atom is -0.397 e. The van der Waals surface area contributed by atoms with E-state index >= 15 is 0 Å². The van der Waals surface area contributed by atoms with Gasteiger partial charge in [0.05, 0.1) is 23.9 Å². The standard InChI is InChI=1S/C11H14BrN3/c1-2-15(7-3-6-13)11-8-9(12)4-5-10(11)14/h4-5,8H,2-3,7,14H2,1H3. The fraction of sp³-hybridized carbons (Fsp3) is 0.364. The van der Waals surface area contributed by atoms with E-state index in [9.17, 15) is 0 Å². The molecule has 1 rings (SSSR count). The zero-order valence-corrected chi connectivity index (χ0v) is 10.3. The minimum absolute atomic E-state index is 0.514. The van der Waals surface area contributed by atoms with Crippen LogP contribution in [-0.2, 0) is 0 Å². The summed E-state index contributed by atoms with van der Waals surface area (Å²) in [6, 6.07) is 7.91. The normalized spacial score (nSPS) is 9.67. The number of benzene rings is 1. The van der Waals surface area contributed by atoms with Gasteiger partial charge in [0.1, 0.15) is 0 Å². The van der Waals surface area contributed by atoms with Gasteiger partial charge in [-0.1, -0.05) is 15.9 Å². The molecule has 0 fully saturated rings. The van der Waals surface area contributed by atoms with E-state index in [1.54, 1.807) is 0 Å². The van der Waals surface area contributed by atoms with E-state index in [1.807, 2.05) is 18.2 Å². The summed E-state index contributed by atoms with van der Waals surface area (Å²) in [5.41, 5.74) is 7.63. The van der Waals surface area contributed by atoms with Crippen molar-refractivity contribution in [2.45, 2.75) is 13.3 Å². The molecule has 0 spiro atoms. The minimum atomic E-state index is 0.514. The number of nitrogens with two attached hydrogens (primary N) is 1. The zero-order chi connectivity index (χ0) is 11.3. The predicted molar refractivity (Wildman–Crippen MR) is 66.7 cm³/mol. The van der Waals surface area contributed by atoms with Crippen molar-refractivity contribution >= 4 is 27.3 Å². The van der Waals surface area contributed by atoms with Crippen LogP contribution in [0.5, 0.6) is 0 Å². The number of nitrogen functional groups attached to an aromatic ring is 1. The topological polar surface area (TPSA) is 53.0 Å². The van der Waals surface area contributed by atoms with E-state index in [2.05, 4.69) is 33.8 Å². The second-order valence-electron chi connectivity index (χ2n) is 3.19. The van der Waals surface area contributed by atoms with Crippen LogP contribution in [0.15, 0.2) is 22.7 Å². The molecule has 0 radical (unpaired) electrons. The fourth-order valence-corrected chi connectivity index (χ4v) is 1.77. The summed E-state index contributed by atoms with van der Waals surface area (Å²) >= 11 is 3.41. The number of nitriles is 1. The van der Waals surface area contributed by atoms with Crippen LogP contribution < -0.4 is 10.6 Å². The fourth-order valence-electron chi connectivity index (χ4n) is 1.42. The molecule has 3 nitrogen and oxygen atoms in total. The first-order chi connectivity index (χ1) is 7.19. The van der Waals surface area contributed by atoms with Crippen LogP contribution in [0.1, 0.15) is 13.3 Å². The van der Waals surface area contributed by atoms with Crippen molar-refractivity contribution in [3.05, 3.63) is 22.7 Å². The second-order valence-corrected chi connectivity index (χ2v) is 4.11. The third-order valence-corrected chi connectivity index (χ3v) is 2.70. The van der Waals surface area contributed by atoms with Crippen LogP contribution in [-0.4, -0.2) is 13.1 Å². The number of nitrogens with zero attached hydrogens (tertiary/aromatic N) is 2. The lowest BCUT2D eigenvalue weighted by Crippen LogP contribution is -2.24. The maximum absolute atomic E-state index is 8.56. The average Bonchev–Trinajstić information content (AvgIpc) is 2.24. The molecule has 4 heteroatoms.